The van der Waals surface area contributed by atoms with Crippen molar-refractivity contribution in [2.24, 2.45) is 5.73 Å². The first-order valence-corrected chi connectivity index (χ1v) is 5.59. The number of halogens is 1. The molecule has 16 heavy (non-hydrogen) atoms. The van der Waals surface area contributed by atoms with E-state index in [9.17, 15) is 4.79 Å². The van der Waals surface area contributed by atoms with Gasteiger partial charge in [0.1, 0.15) is 6.61 Å². The number of hydrogen-bond donors (Lipinski definition) is 1. The van der Waals surface area contributed by atoms with Gasteiger partial charge in [-0.15, -0.1) is 0 Å². The third-order valence-electron chi connectivity index (χ3n) is 1.86. The van der Waals surface area contributed by atoms with Crippen molar-refractivity contribution in [2.75, 3.05) is 13.7 Å². The molecule has 4 nitrogen and oxygen atoms in total. The summed E-state index contributed by atoms with van der Waals surface area (Å²) < 4.78 is 11.4. The first kappa shape index (κ1) is 12.8. The average Bonchev–Trinajstić information content (AvgIpc) is 2.26. The number of primary amides is 1. The number of carbonyl (C=O) groups is 1. The molecule has 0 saturated carbocycles. The lowest BCUT2D eigenvalue weighted by molar-refractivity contribution is 0.1000. The zero-order valence-corrected chi connectivity index (χ0v) is 11.0. The first-order valence-electron chi connectivity index (χ1n) is 4.51. The van der Waals surface area contributed by atoms with Crippen LogP contribution in [0.5, 0.6) is 11.5 Å². The van der Waals surface area contributed by atoms with Crippen LogP contribution in [0.25, 0.3) is 0 Å². The Morgan fingerprint density at radius 3 is 2.81 bits per heavy atom. The van der Waals surface area contributed by atoms with Gasteiger partial charge in [-0.1, -0.05) is 12.7 Å². The molecule has 86 valence electrons. The van der Waals surface area contributed by atoms with Gasteiger partial charge in [-0.2, -0.15) is 0 Å². The van der Waals surface area contributed by atoms with Crippen LogP contribution >= 0.6 is 22.6 Å². The Morgan fingerprint density at radius 1 is 1.62 bits per heavy atom. The third-order valence-corrected chi connectivity index (χ3v) is 2.66. The number of ether oxygens (including phenoxy) is 2. The third kappa shape index (κ3) is 2.88. The number of amides is 1. The number of nitrogens with two attached hydrogens (primary N) is 1. The fraction of sp³-hybridized carbons (Fsp3) is 0.182. The Labute approximate surface area is 108 Å². The lowest BCUT2D eigenvalue weighted by Gasteiger charge is -2.12. The van der Waals surface area contributed by atoms with Gasteiger partial charge in [0.2, 0.25) is 5.91 Å². The predicted molar refractivity (Wildman–Crippen MR) is 69.9 cm³/mol. The molecular weight excluding hydrogens is 321 g/mol. The minimum atomic E-state index is -0.494. The van der Waals surface area contributed by atoms with Crippen LogP contribution in [0.2, 0.25) is 0 Å². The second kappa shape index (κ2) is 5.74. The number of rotatable bonds is 5. The summed E-state index contributed by atoms with van der Waals surface area (Å²) in [6, 6.07) is 3.22. The van der Waals surface area contributed by atoms with Crippen molar-refractivity contribution in [1.82, 2.24) is 0 Å². The summed E-state index contributed by atoms with van der Waals surface area (Å²) in [4.78, 5) is 11.1. The minimum Gasteiger partial charge on any atom is -0.493 e. The van der Waals surface area contributed by atoms with Crippen LogP contribution in [0.1, 0.15) is 10.4 Å². The number of methoxy groups -OCH3 is 1. The van der Waals surface area contributed by atoms with E-state index in [1.807, 2.05) is 0 Å². The second-order valence-electron chi connectivity index (χ2n) is 2.95. The Morgan fingerprint density at radius 2 is 2.31 bits per heavy atom. The van der Waals surface area contributed by atoms with E-state index in [0.717, 1.165) is 3.57 Å². The molecule has 0 saturated heterocycles. The molecule has 1 aromatic rings. The maximum Gasteiger partial charge on any atom is 0.248 e. The summed E-state index contributed by atoms with van der Waals surface area (Å²) in [6.45, 7) is 3.94. The van der Waals surface area contributed by atoms with Crippen LogP contribution in [0.15, 0.2) is 24.8 Å². The largest absolute Gasteiger partial charge is 0.493 e. The monoisotopic (exact) mass is 333 g/mol. The molecule has 0 atom stereocenters. The summed E-state index contributed by atoms with van der Waals surface area (Å²) in [5, 5.41) is 0. The molecule has 0 spiro atoms. The van der Waals surface area contributed by atoms with E-state index < -0.39 is 5.91 Å². The summed E-state index contributed by atoms with van der Waals surface area (Å²) in [7, 11) is 1.51. The topological polar surface area (TPSA) is 61.5 Å². The van der Waals surface area contributed by atoms with Gasteiger partial charge >= 0.3 is 0 Å². The number of hydrogen-bond acceptors (Lipinski definition) is 3. The molecule has 0 radical (unpaired) electrons. The molecule has 0 bridgehead atoms. The normalized spacial score (nSPS) is 9.62. The minimum absolute atomic E-state index is 0.377. The van der Waals surface area contributed by atoms with Crippen molar-refractivity contribution in [3.8, 4) is 11.5 Å². The van der Waals surface area contributed by atoms with E-state index in [1.165, 1.54) is 7.11 Å². The SMILES string of the molecule is C=CCOc1c(I)cc(C(N)=O)cc1OC. The summed E-state index contributed by atoms with van der Waals surface area (Å²) in [5.74, 6) is 0.585. The number of carbonyl (C=O) groups excluding carboxylic acids is 1. The quantitative estimate of drug-likeness (QED) is 0.662. The van der Waals surface area contributed by atoms with Crippen LogP contribution in [-0.2, 0) is 0 Å². The van der Waals surface area contributed by atoms with Crippen molar-refractivity contribution in [3.63, 3.8) is 0 Å². The van der Waals surface area contributed by atoms with E-state index in [4.69, 9.17) is 15.2 Å². The lowest BCUT2D eigenvalue weighted by Crippen LogP contribution is -2.12. The molecule has 0 aliphatic heterocycles. The van der Waals surface area contributed by atoms with Crippen molar-refractivity contribution < 1.29 is 14.3 Å². The van der Waals surface area contributed by atoms with Crippen LogP contribution in [0.3, 0.4) is 0 Å². The molecule has 5 heteroatoms. The summed E-state index contributed by atoms with van der Waals surface area (Å²) in [5.41, 5.74) is 5.60. The van der Waals surface area contributed by atoms with Crippen LogP contribution in [0, 0.1) is 3.57 Å². The van der Waals surface area contributed by atoms with E-state index in [-0.39, 0.29) is 0 Å². The Kier molecular flexibility index (Phi) is 4.60. The highest BCUT2D eigenvalue weighted by molar-refractivity contribution is 14.1. The van der Waals surface area contributed by atoms with Crippen LogP contribution in [0.4, 0.5) is 0 Å². The fourth-order valence-corrected chi connectivity index (χ4v) is 1.90. The van der Waals surface area contributed by atoms with Gasteiger partial charge in [-0.05, 0) is 34.7 Å². The van der Waals surface area contributed by atoms with Gasteiger partial charge in [0.15, 0.2) is 11.5 Å². The van der Waals surface area contributed by atoms with E-state index in [1.54, 1.807) is 18.2 Å². The maximum absolute atomic E-state index is 11.1. The van der Waals surface area contributed by atoms with Gasteiger partial charge in [0.05, 0.1) is 10.7 Å². The zero-order chi connectivity index (χ0) is 12.1. The highest BCUT2D eigenvalue weighted by Crippen LogP contribution is 2.33. The molecule has 1 rings (SSSR count). The average molecular weight is 333 g/mol. The molecule has 0 unspecified atom stereocenters. The van der Waals surface area contributed by atoms with E-state index >= 15 is 0 Å². The molecule has 1 amide bonds. The molecule has 0 aromatic heterocycles. The van der Waals surface area contributed by atoms with Crippen molar-refractivity contribution in [1.29, 1.82) is 0 Å². The van der Waals surface area contributed by atoms with Crippen molar-refractivity contribution >= 4 is 28.5 Å². The Balaban J connectivity index is 3.17. The number of benzene rings is 1. The van der Waals surface area contributed by atoms with Crippen LogP contribution in [-0.4, -0.2) is 19.6 Å². The fourth-order valence-electron chi connectivity index (χ4n) is 1.14. The first-order chi connectivity index (χ1) is 7.60. The van der Waals surface area contributed by atoms with E-state index in [0.29, 0.717) is 23.7 Å². The Hall–Kier alpha value is -1.24. The van der Waals surface area contributed by atoms with Crippen LogP contribution < -0.4 is 15.2 Å². The standard InChI is InChI=1S/C11H12INO3/c1-3-4-16-10-8(12)5-7(11(13)14)6-9(10)15-2/h3,5-6H,1,4H2,2H3,(H2,13,14). The van der Waals surface area contributed by atoms with Gasteiger partial charge in [0.25, 0.3) is 0 Å². The van der Waals surface area contributed by atoms with Gasteiger partial charge in [-0.3, -0.25) is 4.79 Å². The van der Waals surface area contributed by atoms with Gasteiger partial charge in [-0.25, -0.2) is 0 Å². The highest BCUT2D eigenvalue weighted by Gasteiger charge is 2.13. The summed E-state index contributed by atoms with van der Waals surface area (Å²) >= 11 is 2.06. The lowest BCUT2D eigenvalue weighted by atomic mass is 10.2. The molecule has 1 aromatic carbocycles. The zero-order valence-electron chi connectivity index (χ0n) is 8.83. The van der Waals surface area contributed by atoms with Gasteiger partial charge < -0.3 is 15.2 Å². The second-order valence-corrected chi connectivity index (χ2v) is 4.12. The molecule has 2 N–H and O–H groups in total. The van der Waals surface area contributed by atoms with Crippen molar-refractivity contribution in [3.05, 3.63) is 33.9 Å². The maximum atomic E-state index is 11.1. The summed E-state index contributed by atoms with van der Waals surface area (Å²) in [6.07, 6.45) is 1.64. The smallest absolute Gasteiger partial charge is 0.248 e. The molecule has 0 fully saturated rings. The predicted octanol–water partition coefficient (Wildman–Crippen LogP) is 1.96. The van der Waals surface area contributed by atoms with E-state index in [2.05, 4.69) is 29.2 Å². The van der Waals surface area contributed by atoms with Crippen molar-refractivity contribution in [2.45, 2.75) is 0 Å². The molecule has 0 heterocycles. The molecule has 0 aliphatic carbocycles. The Bertz CT molecular complexity index is 418. The van der Waals surface area contributed by atoms with Gasteiger partial charge in [0, 0.05) is 5.56 Å². The molecular formula is C11H12INO3. The highest BCUT2D eigenvalue weighted by atomic mass is 127. The molecule has 0 aliphatic rings.